The molecule has 0 spiro atoms. The normalized spacial score (nSPS) is 26.3. The fourth-order valence-electron chi connectivity index (χ4n) is 2.96. The number of hydrogen-bond donors (Lipinski definition) is 2. The summed E-state index contributed by atoms with van der Waals surface area (Å²) >= 11 is 3.45. The van der Waals surface area contributed by atoms with Crippen molar-refractivity contribution in [2.75, 3.05) is 6.54 Å². The third-order valence-electron chi connectivity index (χ3n) is 4.30. The highest BCUT2D eigenvalue weighted by Crippen LogP contribution is 2.31. The molecule has 0 aliphatic heterocycles. The number of nitrogens with two attached hydrogens (primary N) is 1. The molecule has 1 aromatic carbocycles. The predicted octanol–water partition coefficient (Wildman–Crippen LogP) is 3.24. The van der Waals surface area contributed by atoms with Gasteiger partial charge in [-0.3, -0.25) is 4.79 Å². The number of nitrogens with one attached hydrogen (secondary N) is 1. The molecule has 1 aromatic rings. The molecule has 0 saturated heterocycles. The van der Waals surface area contributed by atoms with E-state index < -0.39 is 5.54 Å². The van der Waals surface area contributed by atoms with Gasteiger partial charge in [-0.25, -0.2) is 0 Å². The summed E-state index contributed by atoms with van der Waals surface area (Å²) in [7, 11) is 0. The van der Waals surface area contributed by atoms with E-state index in [0.717, 1.165) is 35.9 Å². The Morgan fingerprint density at radius 2 is 2.23 bits per heavy atom. The maximum atomic E-state index is 12.4. The minimum atomic E-state index is -0.394. The van der Waals surface area contributed by atoms with Gasteiger partial charge in [0, 0.05) is 5.54 Å². The van der Waals surface area contributed by atoms with Gasteiger partial charge in [0.1, 0.15) is 11.9 Å². The average Bonchev–Trinajstić information content (AvgIpc) is 2.47. The first kappa shape index (κ1) is 17.3. The van der Waals surface area contributed by atoms with Crippen LogP contribution in [0.3, 0.4) is 0 Å². The number of benzene rings is 1. The Labute approximate surface area is 140 Å². The van der Waals surface area contributed by atoms with Crippen LogP contribution in [0.15, 0.2) is 28.7 Å². The molecule has 122 valence electrons. The Morgan fingerprint density at radius 1 is 1.50 bits per heavy atom. The highest BCUT2D eigenvalue weighted by Gasteiger charge is 2.37. The first-order chi connectivity index (χ1) is 10.4. The van der Waals surface area contributed by atoms with Gasteiger partial charge in [-0.1, -0.05) is 25.0 Å². The van der Waals surface area contributed by atoms with E-state index >= 15 is 0 Å². The summed E-state index contributed by atoms with van der Waals surface area (Å²) in [4.78, 5) is 12.4. The molecular formula is C17H25BrN2O2. The second-order valence-electron chi connectivity index (χ2n) is 6.41. The number of halogens is 1. The van der Waals surface area contributed by atoms with E-state index in [1.165, 1.54) is 0 Å². The lowest BCUT2D eigenvalue weighted by atomic mass is 9.74. The van der Waals surface area contributed by atoms with Crippen LogP contribution in [0.4, 0.5) is 0 Å². The van der Waals surface area contributed by atoms with Crippen molar-refractivity contribution in [1.29, 1.82) is 0 Å². The van der Waals surface area contributed by atoms with Gasteiger partial charge in [-0.2, -0.15) is 0 Å². The van der Waals surface area contributed by atoms with Gasteiger partial charge >= 0.3 is 0 Å². The molecule has 22 heavy (non-hydrogen) atoms. The van der Waals surface area contributed by atoms with Crippen LogP contribution in [-0.4, -0.2) is 24.1 Å². The zero-order valence-corrected chi connectivity index (χ0v) is 14.9. The minimum Gasteiger partial charge on any atom is -0.488 e. The summed E-state index contributed by atoms with van der Waals surface area (Å²) < 4.78 is 6.75. The van der Waals surface area contributed by atoms with Gasteiger partial charge in [-0.15, -0.1) is 0 Å². The van der Waals surface area contributed by atoms with Gasteiger partial charge in [-0.05, 0) is 54.8 Å². The van der Waals surface area contributed by atoms with E-state index in [1.54, 1.807) is 0 Å². The average molecular weight is 369 g/mol. The Balaban J connectivity index is 1.84. The SMILES string of the molecule is CC(CNC(=O)C1CCCCC1(C)N)Oc1ccccc1Br. The summed E-state index contributed by atoms with van der Waals surface area (Å²) in [5, 5.41) is 2.99. The molecule has 2 rings (SSSR count). The fourth-order valence-corrected chi connectivity index (χ4v) is 3.33. The Kier molecular flexibility index (Phi) is 5.87. The van der Waals surface area contributed by atoms with Crippen LogP contribution in [0.25, 0.3) is 0 Å². The van der Waals surface area contributed by atoms with Gasteiger partial charge in [0.15, 0.2) is 0 Å². The lowest BCUT2D eigenvalue weighted by Crippen LogP contribution is -2.53. The largest absolute Gasteiger partial charge is 0.488 e. The zero-order chi connectivity index (χ0) is 16.2. The molecule has 0 radical (unpaired) electrons. The number of ether oxygens (including phenoxy) is 1. The van der Waals surface area contributed by atoms with Crippen LogP contribution < -0.4 is 15.8 Å². The second-order valence-corrected chi connectivity index (χ2v) is 7.26. The van der Waals surface area contributed by atoms with E-state index in [0.29, 0.717) is 6.54 Å². The van der Waals surface area contributed by atoms with Crippen molar-refractivity contribution in [3.8, 4) is 5.75 Å². The first-order valence-corrected chi connectivity index (χ1v) is 8.67. The smallest absolute Gasteiger partial charge is 0.225 e. The summed E-state index contributed by atoms with van der Waals surface area (Å²) in [6.45, 7) is 4.41. The van der Waals surface area contributed by atoms with Crippen LogP contribution in [0.2, 0.25) is 0 Å². The van der Waals surface area contributed by atoms with Crippen LogP contribution in [0.1, 0.15) is 39.5 Å². The van der Waals surface area contributed by atoms with Crippen molar-refractivity contribution in [3.63, 3.8) is 0 Å². The second kappa shape index (κ2) is 7.47. The maximum Gasteiger partial charge on any atom is 0.225 e. The molecular weight excluding hydrogens is 344 g/mol. The molecule has 0 bridgehead atoms. The standard InChI is InChI=1S/C17H25BrN2O2/c1-12(22-15-9-4-3-8-14(15)18)11-20-16(21)13-7-5-6-10-17(13,2)19/h3-4,8-9,12-13H,5-7,10-11,19H2,1-2H3,(H,20,21). The molecule has 1 fully saturated rings. The van der Waals surface area contributed by atoms with E-state index in [4.69, 9.17) is 10.5 Å². The van der Waals surface area contributed by atoms with Crippen molar-refractivity contribution in [3.05, 3.63) is 28.7 Å². The molecule has 4 nitrogen and oxygen atoms in total. The number of para-hydroxylation sites is 1. The summed E-state index contributed by atoms with van der Waals surface area (Å²) in [6, 6.07) is 7.70. The monoisotopic (exact) mass is 368 g/mol. The number of rotatable bonds is 5. The Hall–Kier alpha value is -1.07. The van der Waals surface area contributed by atoms with Crippen molar-refractivity contribution < 1.29 is 9.53 Å². The minimum absolute atomic E-state index is 0.0484. The fraction of sp³-hybridized carbons (Fsp3) is 0.588. The quantitative estimate of drug-likeness (QED) is 0.838. The number of carbonyl (C=O) groups is 1. The van der Waals surface area contributed by atoms with Crippen molar-refractivity contribution in [2.24, 2.45) is 11.7 Å². The molecule has 0 heterocycles. The van der Waals surface area contributed by atoms with Crippen LogP contribution in [0.5, 0.6) is 5.75 Å². The van der Waals surface area contributed by atoms with Crippen molar-refractivity contribution in [1.82, 2.24) is 5.32 Å². The maximum absolute atomic E-state index is 12.4. The highest BCUT2D eigenvalue weighted by molar-refractivity contribution is 9.10. The molecule has 5 heteroatoms. The predicted molar refractivity (Wildman–Crippen MR) is 91.8 cm³/mol. The van der Waals surface area contributed by atoms with Crippen molar-refractivity contribution in [2.45, 2.75) is 51.2 Å². The molecule has 1 saturated carbocycles. The van der Waals surface area contributed by atoms with Crippen LogP contribution in [-0.2, 0) is 4.79 Å². The highest BCUT2D eigenvalue weighted by atomic mass is 79.9. The van der Waals surface area contributed by atoms with Crippen LogP contribution in [0, 0.1) is 5.92 Å². The summed E-state index contributed by atoms with van der Waals surface area (Å²) in [5.41, 5.74) is 5.88. The number of hydrogen-bond acceptors (Lipinski definition) is 3. The summed E-state index contributed by atoms with van der Waals surface area (Å²) in [6.07, 6.45) is 3.87. The van der Waals surface area contributed by atoms with E-state index in [2.05, 4.69) is 21.2 Å². The molecule has 3 N–H and O–H groups in total. The Bertz CT molecular complexity index is 519. The van der Waals surface area contributed by atoms with Gasteiger partial charge < -0.3 is 15.8 Å². The molecule has 0 aromatic heterocycles. The van der Waals surface area contributed by atoms with Crippen LogP contribution >= 0.6 is 15.9 Å². The van der Waals surface area contributed by atoms with Crippen molar-refractivity contribution >= 4 is 21.8 Å². The molecule has 1 aliphatic carbocycles. The lowest BCUT2D eigenvalue weighted by Gasteiger charge is -2.37. The number of amides is 1. The topological polar surface area (TPSA) is 64.4 Å². The third-order valence-corrected chi connectivity index (χ3v) is 4.95. The molecule has 1 aliphatic rings. The summed E-state index contributed by atoms with van der Waals surface area (Å²) in [5.74, 6) is 0.731. The zero-order valence-electron chi connectivity index (χ0n) is 13.3. The van der Waals surface area contributed by atoms with Gasteiger partial charge in [0.25, 0.3) is 0 Å². The van der Waals surface area contributed by atoms with E-state index in [9.17, 15) is 4.79 Å². The molecule has 3 unspecified atom stereocenters. The number of carbonyl (C=O) groups excluding carboxylic acids is 1. The van der Waals surface area contributed by atoms with Gasteiger partial charge in [0.05, 0.1) is 16.9 Å². The first-order valence-electron chi connectivity index (χ1n) is 7.88. The Morgan fingerprint density at radius 3 is 2.91 bits per heavy atom. The van der Waals surface area contributed by atoms with Gasteiger partial charge in [0.2, 0.25) is 5.91 Å². The molecule has 1 amide bonds. The molecule has 3 atom stereocenters. The third kappa shape index (κ3) is 4.46. The van der Waals surface area contributed by atoms with E-state index in [-0.39, 0.29) is 17.9 Å². The van der Waals surface area contributed by atoms with E-state index in [1.807, 2.05) is 38.1 Å². The lowest BCUT2D eigenvalue weighted by molar-refractivity contribution is -0.128.